The van der Waals surface area contributed by atoms with Crippen LogP contribution in [-0.2, 0) is 0 Å². The molecule has 0 saturated carbocycles. The summed E-state index contributed by atoms with van der Waals surface area (Å²) in [5.41, 5.74) is 2.02. The minimum atomic E-state index is 0.544. The fourth-order valence-electron chi connectivity index (χ4n) is 1.41. The van der Waals surface area contributed by atoms with Gasteiger partial charge in [0.25, 0.3) is 0 Å². The molecular formula is C14H11NO. The van der Waals surface area contributed by atoms with Gasteiger partial charge in [-0.05, 0) is 17.7 Å². The van der Waals surface area contributed by atoms with Crippen molar-refractivity contribution in [3.63, 3.8) is 0 Å². The highest BCUT2D eigenvalue weighted by atomic mass is 16.5. The van der Waals surface area contributed by atoms with Gasteiger partial charge in [0.1, 0.15) is 6.11 Å². The van der Waals surface area contributed by atoms with Crippen molar-refractivity contribution < 1.29 is 4.74 Å². The zero-order valence-electron chi connectivity index (χ0n) is 8.97. The van der Waals surface area contributed by atoms with E-state index in [1.54, 1.807) is 13.1 Å². The Kier molecular flexibility index (Phi) is 3.20. The fraction of sp³-hybridized carbons (Fsp3) is 0.0714. The van der Waals surface area contributed by atoms with Crippen LogP contribution in [0.15, 0.2) is 48.7 Å². The van der Waals surface area contributed by atoms with Crippen molar-refractivity contribution in [2.75, 3.05) is 0 Å². The summed E-state index contributed by atoms with van der Waals surface area (Å²) in [5, 5.41) is 0. The third-order valence-corrected chi connectivity index (χ3v) is 2.11. The summed E-state index contributed by atoms with van der Waals surface area (Å²) in [6.45, 7) is 1.73. The van der Waals surface area contributed by atoms with Gasteiger partial charge in [-0.25, -0.2) is 4.98 Å². The fourth-order valence-corrected chi connectivity index (χ4v) is 1.41. The lowest BCUT2D eigenvalue weighted by Gasteiger charge is -2.04. The Morgan fingerprint density at radius 3 is 2.62 bits per heavy atom. The van der Waals surface area contributed by atoms with Crippen LogP contribution in [-0.4, -0.2) is 4.98 Å². The Morgan fingerprint density at radius 1 is 1.06 bits per heavy atom. The van der Waals surface area contributed by atoms with E-state index in [0.717, 1.165) is 11.1 Å². The molecule has 2 nitrogen and oxygen atoms in total. The molecule has 78 valence electrons. The van der Waals surface area contributed by atoms with E-state index in [1.165, 1.54) is 0 Å². The van der Waals surface area contributed by atoms with Crippen LogP contribution >= 0.6 is 0 Å². The molecule has 2 rings (SSSR count). The van der Waals surface area contributed by atoms with Crippen molar-refractivity contribution in [1.29, 1.82) is 0 Å². The molecule has 0 radical (unpaired) electrons. The number of aromatic nitrogens is 1. The van der Waals surface area contributed by atoms with Crippen molar-refractivity contribution in [1.82, 2.24) is 4.98 Å². The summed E-state index contributed by atoms with van der Waals surface area (Å²) in [6.07, 6.45) is 4.26. The molecule has 1 aromatic heterocycles. The number of ether oxygens (including phenoxy) is 1. The minimum Gasteiger partial charge on any atom is -0.387 e. The molecule has 0 saturated heterocycles. The van der Waals surface area contributed by atoms with Crippen LogP contribution in [0.4, 0.5) is 0 Å². The number of hydrogen-bond donors (Lipinski definition) is 0. The highest BCUT2D eigenvalue weighted by Crippen LogP contribution is 2.26. The standard InChI is InChI=1S/C14H11NO/c1-2-11-16-14-13(9-6-10-15-14)12-7-4-3-5-8-12/h3-10H,1H3. The molecule has 0 aliphatic carbocycles. The Labute approximate surface area is 94.9 Å². The Bertz CT molecular complexity index is 523. The Hall–Kier alpha value is -2.27. The minimum absolute atomic E-state index is 0.544. The molecule has 0 aliphatic heterocycles. The second-order valence-electron chi connectivity index (χ2n) is 3.18. The van der Waals surface area contributed by atoms with Crippen LogP contribution in [0.25, 0.3) is 11.1 Å². The van der Waals surface area contributed by atoms with Gasteiger partial charge in [-0.3, -0.25) is 0 Å². The molecule has 0 fully saturated rings. The molecule has 0 bridgehead atoms. The van der Waals surface area contributed by atoms with Gasteiger partial charge in [0.05, 0.1) is 0 Å². The molecule has 0 amide bonds. The van der Waals surface area contributed by atoms with E-state index in [-0.39, 0.29) is 0 Å². The molecule has 0 atom stereocenters. The first-order valence-corrected chi connectivity index (χ1v) is 5.01. The van der Waals surface area contributed by atoms with Crippen LogP contribution in [0.5, 0.6) is 5.88 Å². The number of pyridine rings is 1. The van der Waals surface area contributed by atoms with Crippen molar-refractivity contribution in [2.45, 2.75) is 6.92 Å². The zero-order chi connectivity index (χ0) is 11.2. The van der Waals surface area contributed by atoms with Crippen LogP contribution in [0.3, 0.4) is 0 Å². The van der Waals surface area contributed by atoms with Crippen molar-refractivity contribution in [3.8, 4) is 29.0 Å². The number of rotatable bonds is 2. The van der Waals surface area contributed by atoms with Gasteiger partial charge < -0.3 is 4.74 Å². The largest absolute Gasteiger partial charge is 0.387 e. The summed E-state index contributed by atoms with van der Waals surface area (Å²) in [6, 6.07) is 13.8. The molecule has 1 heterocycles. The van der Waals surface area contributed by atoms with Gasteiger partial charge in [-0.15, -0.1) is 0 Å². The van der Waals surface area contributed by atoms with Crippen LogP contribution in [0.1, 0.15) is 6.92 Å². The molecule has 0 aliphatic rings. The third-order valence-electron chi connectivity index (χ3n) is 2.11. The lowest BCUT2D eigenvalue weighted by molar-refractivity contribution is 0.499. The molecule has 16 heavy (non-hydrogen) atoms. The molecule has 0 N–H and O–H groups in total. The van der Waals surface area contributed by atoms with Gasteiger partial charge in [-0.1, -0.05) is 36.3 Å². The molecule has 0 spiro atoms. The topological polar surface area (TPSA) is 22.1 Å². The van der Waals surface area contributed by atoms with Gasteiger partial charge in [0.15, 0.2) is 0 Å². The SMILES string of the molecule is CC#COc1ncccc1-c1ccccc1. The third kappa shape index (κ3) is 2.21. The predicted octanol–water partition coefficient (Wildman–Crippen LogP) is 3.11. The van der Waals surface area contributed by atoms with E-state index in [4.69, 9.17) is 4.74 Å². The van der Waals surface area contributed by atoms with Gasteiger partial charge in [-0.2, -0.15) is 0 Å². The van der Waals surface area contributed by atoms with Crippen LogP contribution in [0, 0.1) is 12.0 Å². The Morgan fingerprint density at radius 2 is 1.88 bits per heavy atom. The van der Waals surface area contributed by atoms with Gasteiger partial charge >= 0.3 is 0 Å². The molecule has 2 heteroatoms. The maximum atomic E-state index is 5.27. The van der Waals surface area contributed by atoms with E-state index in [0.29, 0.717) is 5.88 Å². The predicted molar refractivity (Wildman–Crippen MR) is 63.8 cm³/mol. The first-order chi connectivity index (χ1) is 7.92. The summed E-state index contributed by atoms with van der Waals surface area (Å²) < 4.78 is 5.27. The average molecular weight is 209 g/mol. The molecule has 2 aromatic rings. The summed E-state index contributed by atoms with van der Waals surface area (Å²) in [4.78, 5) is 4.17. The highest BCUT2D eigenvalue weighted by Gasteiger charge is 2.05. The lowest BCUT2D eigenvalue weighted by atomic mass is 10.1. The molecule has 1 aromatic carbocycles. The normalized spacial score (nSPS) is 9.06. The number of benzene rings is 1. The number of hydrogen-bond acceptors (Lipinski definition) is 2. The van der Waals surface area contributed by atoms with E-state index < -0.39 is 0 Å². The van der Waals surface area contributed by atoms with Gasteiger partial charge in [0, 0.05) is 18.7 Å². The summed E-state index contributed by atoms with van der Waals surface area (Å²) >= 11 is 0. The monoisotopic (exact) mass is 209 g/mol. The molecular weight excluding hydrogens is 198 g/mol. The second kappa shape index (κ2) is 4.99. The average Bonchev–Trinajstić information content (AvgIpc) is 2.38. The molecule has 0 unspecified atom stereocenters. The van der Waals surface area contributed by atoms with E-state index in [2.05, 4.69) is 17.0 Å². The van der Waals surface area contributed by atoms with Crippen LogP contribution in [0.2, 0.25) is 0 Å². The van der Waals surface area contributed by atoms with Crippen molar-refractivity contribution in [2.24, 2.45) is 0 Å². The highest BCUT2D eigenvalue weighted by molar-refractivity contribution is 5.68. The Balaban J connectivity index is 2.43. The van der Waals surface area contributed by atoms with Gasteiger partial charge in [0.2, 0.25) is 5.88 Å². The summed E-state index contributed by atoms with van der Waals surface area (Å²) in [5.74, 6) is 3.23. The van der Waals surface area contributed by atoms with E-state index >= 15 is 0 Å². The first kappa shape index (κ1) is 10.3. The zero-order valence-corrected chi connectivity index (χ0v) is 8.97. The lowest BCUT2D eigenvalue weighted by Crippen LogP contribution is -1.90. The number of nitrogens with zero attached hydrogens (tertiary/aromatic N) is 1. The van der Waals surface area contributed by atoms with Crippen LogP contribution < -0.4 is 4.74 Å². The maximum absolute atomic E-state index is 5.27. The van der Waals surface area contributed by atoms with E-state index in [1.807, 2.05) is 42.5 Å². The van der Waals surface area contributed by atoms with Crippen molar-refractivity contribution in [3.05, 3.63) is 48.7 Å². The second-order valence-corrected chi connectivity index (χ2v) is 3.18. The summed E-state index contributed by atoms with van der Waals surface area (Å²) in [7, 11) is 0. The first-order valence-electron chi connectivity index (χ1n) is 5.01. The van der Waals surface area contributed by atoms with E-state index in [9.17, 15) is 0 Å². The quantitative estimate of drug-likeness (QED) is 0.709. The maximum Gasteiger partial charge on any atom is 0.238 e. The van der Waals surface area contributed by atoms with Crippen molar-refractivity contribution >= 4 is 0 Å². The smallest absolute Gasteiger partial charge is 0.238 e.